The lowest BCUT2D eigenvalue weighted by Gasteiger charge is -2.13. The SMILES string of the molecule is CCC(N)Cc1cnc(Oc2ccc(Cl)cc2C)c(C)c1. The van der Waals surface area contributed by atoms with Crippen LogP contribution in [0, 0.1) is 13.8 Å². The third-order valence-electron chi connectivity index (χ3n) is 3.45. The standard InChI is InChI=1S/C17H21ClN2O/c1-4-15(19)9-13-7-12(3)17(20-10-13)21-16-6-5-14(18)8-11(16)2/h5-8,10,15H,4,9,19H2,1-3H3. The van der Waals surface area contributed by atoms with Crippen LogP contribution in [0.25, 0.3) is 0 Å². The van der Waals surface area contributed by atoms with E-state index in [9.17, 15) is 0 Å². The third kappa shape index (κ3) is 4.19. The summed E-state index contributed by atoms with van der Waals surface area (Å²) in [6, 6.07) is 7.81. The van der Waals surface area contributed by atoms with Crippen LogP contribution in [0.2, 0.25) is 5.02 Å². The van der Waals surface area contributed by atoms with Crippen molar-refractivity contribution in [2.24, 2.45) is 5.73 Å². The van der Waals surface area contributed by atoms with Gasteiger partial charge < -0.3 is 10.5 Å². The Morgan fingerprint density at radius 3 is 2.62 bits per heavy atom. The molecular weight excluding hydrogens is 284 g/mol. The summed E-state index contributed by atoms with van der Waals surface area (Å²) >= 11 is 5.95. The number of hydrogen-bond donors (Lipinski definition) is 1. The maximum Gasteiger partial charge on any atom is 0.222 e. The quantitative estimate of drug-likeness (QED) is 0.889. The number of rotatable bonds is 5. The minimum atomic E-state index is 0.177. The number of pyridine rings is 1. The van der Waals surface area contributed by atoms with Gasteiger partial charge in [-0.15, -0.1) is 0 Å². The molecular formula is C17H21ClN2O. The van der Waals surface area contributed by atoms with Gasteiger partial charge in [0, 0.05) is 22.8 Å². The average molecular weight is 305 g/mol. The highest BCUT2D eigenvalue weighted by atomic mass is 35.5. The number of nitrogens with zero attached hydrogens (tertiary/aromatic N) is 1. The summed E-state index contributed by atoms with van der Waals surface area (Å²) in [7, 11) is 0. The first-order chi connectivity index (χ1) is 9.99. The zero-order valence-corrected chi connectivity index (χ0v) is 13.4. The molecule has 1 atom stereocenters. The molecule has 0 amide bonds. The molecule has 0 saturated carbocycles. The van der Waals surface area contributed by atoms with Crippen LogP contribution in [-0.4, -0.2) is 11.0 Å². The van der Waals surface area contributed by atoms with E-state index in [0.717, 1.165) is 35.3 Å². The fourth-order valence-corrected chi connectivity index (χ4v) is 2.34. The van der Waals surface area contributed by atoms with Gasteiger partial charge in [-0.2, -0.15) is 0 Å². The van der Waals surface area contributed by atoms with Crippen molar-refractivity contribution in [2.45, 2.75) is 39.7 Å². The lowest BCUT2D eigenvalue weighted by Crippen LogP contribution is -2.21. The summed E-state index contributed by atoms with van der Waals surface area (Å²) in [6.07, 6.45) is 3.63. The zero-order valence-electron chi connectivity index (χ0n) is 12.7. The van der Waals surface area contributed by atoms with Crippen LogP contribution >= 0.6 is 11.6 Å². The Morgan fingerprint density at radius 2 is 2.00 bits per heavy atom. The number of benzene rings is 1. The first-order valence-corrected chi connectivity index (χ1v) is 7.52. The van der Waals surface area contributed by atoms with Crippen LogP contribution in [0.3, 0.4) is 0 Å². The van der Waals surface area contributed by atoms with Crippen LogP contribution in [-0.2, 0) is 6.42 Å². The van der Waals surface area contributed by atoms with Crippen LogP contribution in [0.15, 0.2) is 30.5 Å². The molecule has 2 aromatic rings. The third-order valence-corrected chi connectivity index (χ3v) is 3.69. The highest BCUT2D eigenvalue weighted by Gasteiger charge is 2.09. The summed E-state index contributed by atoms with van der Waals surface area (Å²) < 4.78 is 5.88. The molecule has 2 N–H and O–H groups in total. The van der Waals surface area contributed by atoms with Gasteiger partial charge >= 0.3 is 0 Å². The number of nitrogens with two attached hydrogens (primary N) is 1. The first-order valence-electron chi connectivity index (χ1n) is 7.14. The number of aromatic nitrogens is 1. The molecule has 21 heavy (non-hydrogen) atoms. The minimum Gasteiger partial charge on any atom is -0.438 e. The maximum atomic E-state index is 5.98. The molecule has 0 aliphatic heterocycles. The largest absolute Gasteiger partial charge is 0.438 e. The van der Waals surface area contributed by atoms with Crippen LogP contribution in [0.5, 0.6) is 11.6 Å². The van der Waals surface area contributed by atoms with Crippen molar-refractivity contribution < 1.29 is 4.74 Å². The summed E-state index contributed by atoms with van der Waals surface area (Å²) in [5.41, 5.74) is 9.11. The molecule has 1 aromatic heterocycles. The Balaban J connectivity index is 2.17. The molecule has 112 valence electrons. The Hall–Kier alpha value is -1.58. The minimum absolute atomic E-state index is 0.177. The monoisotopic (exact) mass is 304 g/mol. The highest BCUT2D eigenvalue weighted by Crippen LogP contribution is 2.28. The Bertz CT molecular complexity index is 628. The summed E-state index contributed by atoms with van der Waals surface area (Å²) in [5, 5.41) is 0.702. The van der Waals surface area contributed by atoms with E-state index >= 15 is 0 Å². The summed E-state index contributed by atoms with van der Waals surface area (Å²) in [6.45, 7) is 6.05. The van der Waals surface area contributed by atoms with E-state index in [-0.39, 0.29) is 6.04 Å². The van der Waals surface area contributed by atoms with Crippen LogP contribution in [0.4, 0.5) is 0 Å². The van der Waals surface area contributed by atoms with Gasteiger partial charge in [-0.05, 0) is 62.1 Å². The maximum absolute atomic E-state index is 5.98. The number of halogens is 1. The van der Waals surface area contributed by atoms with Crippen LogP contribution in [0.1, 0.15) is 30.0 Å². The normalized spacial score (nSPS) is 12.2. The molecule has 0 radical (unpaired) electrons. The number of aryl methyl sites for hydroxylation is 2. The molecule has 1 aromatic carbocycles. The molecule has 0 bridgehead atoms. The van der Waals surface area contributed by atoms with Crippen molar-refractivity contribution in [1.82, 2.24) is 4.98 Å². The predicted molar refractivity (Wildman–Crippen MR) is 87.2 cm³/mol. The van der Waals surface area contributed by atoms with E-state index in [0.29, 0.717) is 10.9 Å². The Kier molecular flexibility index (Phi) is 5.21. The molecule has 0 fully saturated rings. The van der Waals surface area contributed by atoms with E-state index in [1.807, 2.05) is 38.2 Å². The van der Waals surface area contributed by atoms with E-state index in [4.69, 9.17) is 22.1 Å². The molecule has 0 saturated heterocycles. The fourth-order valence-electron chi connectivity index (χ4n) is 2.12. The van der Waals surface area contributed by atoms with Gasteiger partial charge in [-0.25, -0.2) is 4.98 Å². The zero-order chi connectivity index (χ0) is 15.4. The molecule has 3 nitrogen and oxygen atoms in total. The average Bonchev–Trinajstić information content (AvgIpc) is 2.44. The van der Waals surface area contributed by atoms with E-state index < -0.39 is 0 Å². The number of ether oxygens (including phenoxy) is 1. The van der Waals surface area contributed by atoms with E-state index in [2.05, 4.69) is 18.0 Å². The van der Waals surface area contributed by atoms with Gasteiger partial charge in [0.05, 0.1) is 0 Å². The molecule has 1 unspecified atom stereocenters. The smallest absolute Gasteiger partial charge is 0.222 e. The van der Waals surface area contributed by atoms with Crippen molar-refractivity contribution in [3.05, 3.63) is 52.2 Å². The van der Waals surface area contributed by atoms with Gasteiger partial charge in [0.2, 0.25) is 5.88 Å². The molecule has 2 rings (SSSR count). The van der Waals surface area contributed by atoms with Crippen molar-refractivity contribution in [2.75, 3.05) is 0 Å². The number of hydrogen-bond acceptors (Lipinski definition) is 3. The Labute approximate surface area is 131 Å². The molecule has 0 aliphatic carbocycles. The van der Waals surface area contributed by atoms with Crippen LogP contribution < -0.4 is 10.5 Å². The van der Waals surface area contributed by atoms with Gasteiger partial charge in [0.25, 0.3) is 0 Å². The first kappa shape index (κ1) is 15.8. The van der Waals surface area contributed by atoms with Gasteiger partial charge in [0.15, 0.2) is 0 Å². The second-order valence-electron chi connectivity index (χ2n) is 5.35. The lowest BCUT2D eigenvalue weighted by molar-refractivity contribution is 0.455. The van der Waals surface area contributed by atoms with Crippen molar-refractivity contribution in [3.63, 3.8) is 0 Å². The van der Waals surface area contributed by atoms with Gasteiger partial charge in [-0.3, -0.25) is 0 Å². The van der Waals surface area contributed by atoms with E-state index in [1.54, 1.807) is 0 Å². The second kappa shape index (κ2) is 6.92. The molecule has 4 heteroatoms. The Morgan fingerprint density at radius 1 is 1.24 bits per heavy atom. The van der Waals surface area contributed by atoms with Gasteiger partial charge in [0.1, 0.15) is 5.75 Å². The van der Waals surface area contributed by atoms with Crippen molar-refractivity contribution in [3.8, 4) is 11.6 Å². The lowest BCUT2D eigenvalue weighted by atomic mass is 10.1. The predicted octanol–water partition coefficient (Wildman–Crippen LogP) is 4.42. The second-order valence-corrected chi connectivity index (χ2v) is 5.79. The van der Waals surface area contributed by atoms with Crippen molar-refractivity contribution in [1.29, 1.82) is 0 Å². The van der Waals surface area contributed by atoms with Crippen molar-refractivity contribution >= 4 is 11.6 Å². The van der Waals surface area contributed by atoms with Gasteiger partial charge in [-0.1, -0.05) is 18.5 Å². The summed E-state index contributed by atoms with van der Waals surface area (Å²) in [5.74, 6) is 1.39. The molecule has 1 heterocycles. The van der Waals surface area contributed by atoms with E-state index in [1.165, 1.54) is 0 Å². The topological polar surface area (TPSA) is 48.1 Å². The summed E-state index contributed by atoms with van der Waals surface area (Å²) in [4.78, 5) is 4.41. The molecule has 0 spiro atoms. The fraction of sp³-hybridized carbons (Fsp3) is 0.353. The highest BCUT2D eigenvalue weighted by molar-refractivity contribution is 6.30. The molecule has 0 aliphatic rings.